The van der Waals surface area contributed by atoms with Crippen LogP contribution in [-0.2, 0) is 11.3 Å². The van der Waals surface area contributed by atoms with Crippen molar-refractivity contribution >= 4 is 34.3 Å². The number of anilines is 1. The standard InChI is InChI=1S/C13H16N4OS/c1-2-17-12-5-10(4-3-9(12)6-15-17)16-13(18)11-7-19-8-14-11/h3-6,11,14H,2,7-8H2,1H3,(H,16,18). The van der Waals surface area contributed by atoms with Crippen LogP contribution in [0.4, 0.5) is 5.69 Å². The van der Waals surface area contributed by atoms with Crippen molar-refractivity contribution in [2.45, 2.75) is 19.5 Å². The number of aryl methyl sites for hydroxylation is 1. The van der Waals surface area contributed by atoms with Crippen LogP contribution in [0.3, 0.4) is 0 Å². The molecule has 1 saturated heterocycles. The number of nitrogens with one attached hydrogen (secondary N) is 2. The normalized spacial score (nSPS) is 18.9. The lowest BCUT2D eigenvalue weighted by Crippen LogP contribution is -2.37. The molecule has 0 aliphatic carbocycles. The van der Waals surface area contributed by atoms with Crippen molar-refractivity contribution < 1.29 is 4.79 Å². The Kier molecular flexibility index (Phi) is 3.44. The predicted molar refractivity (Wildman–Crippen MR) is 78.3 cm³/mol. The van der Waals surface area contributed by atoms with Gasteiger partial charge in [-0.1, -0.05) is 0 Å². The SMILES string of the molecule is CCn1ncc2ccc(NC(=O)C3CSCN3)cc21. The summed E-state index contributed by atoms with van der Waals surface area (Å²) in [5, 5.41) is 11.5. The number of rotatable bonds is 3. The van der Waals surface area contributed by atoms with Gasteiger partial charge in [-0.2, -0.15) is 5.10 Å². The van der Waals surface area contributed by atoms with Crippen molar-refractivity contribution in [2.24, 2.45) is 0 Å². The summed E-state index contributed by atoms with van der Waals surface area (Å²) in [6.45, 7) is 2.87. The fraction of sp³-hybridized carbons (Fsp3) is 0.385. The van der Waals surface area contributed by atoms with E-state index in [4.69, 9.17) is 0 Å². The fourth-order valence-corrected chi connectivity index (χ4v) is 3.14. The molecule has 1 aliphatic rings. The van der Waals surface area contributed by atoms with E-state index in [0.717, 1.165) is 34.8 Å². The highest BCUT2D eigenvalue weighted by Crippen LogP contribution is 2.20. The summed E-state index contributed by atoms with van der Waals surface area (Å²) in [4.78, 5) is 12.0. The van der Waals surface area contributed by atoms with Crippen molar-refractivity contribution in [1.82, 2.24) is 15.1 Å². The number of aromatic nitrogens is 2. The first-order valence-corrected chi connectivity index (χ1v) is 7.51. The lowest BCUT2D eigenvalue weighted by Gasteiger charge is -2.10. The van der Waals surface area contributed by atoms with Crippen molar-refractivity contribution in [2.75, 3.05) is 16.9 Å². The third kappa shape index (κ3) is 2.46. The third-order valence-electron chi connectivity index (χ3n) is 3.24. The number of carbonyl (C=O) groups is 1. The van der Waals surface area contributed by atoms with Crippen LogP contribution < -0.4 is 10.6 Å². The largest absolute Gasteiger partial charge is 0.325 e. The lowest BCUT2D eigenvalue weighted by molar-refractivity contribution is -0.117. The molecule has 2 heterocycles. The fourth-order valence-electron chi connectivity index (χ4n) is 2.19. The van der Waals surface area contributed by atoms with Gasteiger partial charge in [0.1, 0.15) is 0 Å². The minimum Gasteiger partial charge on any atom is -0.325 e. The Morgan fingerprint density at radius 3 is 3.26 bits per heavy atom. The van der Waals surface area contributed by atoms with Gasteiger partial charge in [-0.05, 0) is 25.1 Å². The van der Waals surface area contributed by atoms with E-state index in [1.165, 1.54) is 0 Å². The Morgan fingerprint density at radius 1 is 1.63 bits per heavy atom. The Morgan fingerprint density at radius 2 is 2.53 bits per heavy atom. The van der Waals surface area contributed by atoms with E-state index >= 15 is 0 Å². The van der Waals surface area contributed by atoms with Gasteiger partial charge in [0.25, 0.3) is 0 Å². The van der Waals surface area contributed by atoms with Crippen molar-refractivity contribution in [3.05, 3.63) is 24.4 Å². The minimum atomic E-state index is -0.0863. The van der Waals surface area contributed by atoms with Gasteiger partial charge in [0.2, 0.25) is 5.91 Å². The summed E-state index contributed by atoms with van der Waals surface area (Å²) in [6.07, 6.45) is 1.85. The van der Waals surface area contributed by atoms with Gasteiger partial charge < -0.3 is 5.32 Å². The molecule has 1 aromatic carbocycles. The number of nitrogens with zero attached hydrogens (tertiary/aromatic N) is 2. The monoisotopic (exact) mass is 276 g/mol. The van der Waals surface area contributed by atoms with Gasteiger partial charge in [-0.15, -0.1) is 11.8 Å². The maximum absolute atomic E-state index is 12.0. The number of hydrogen-bond acceptors (Lipinski definition) is 4. The molecule has 1 unspecified atom stereocenters. The number of fused-ring (bicyclic) bond motifs is 1. The van der Waals surface area contributed by atoms with E-state index < -0.39 is 0 Å². The average molecular weight is 276 g/mol. The van der Waals surface area contributed by atoms with Gasteiger partial charge in [-0.3, -0.25) is 14.8 Å². The Bertz CT molecular complexity index is 604. The van der Waals surface area contributed by atoms with Crippen LogP contribution in [0.2, 0.25) is 0 Å². The summed E-state index contributed by atoms with van der Waals surface area (Å²) in [6, 6.07) is 5.80. The van der Waals surface area contributed by atoms with Gasteiger partial charge >= 0.3 is 0 Å². The van der Waals surface area contributed by atoms with Crippen LogP contribution in [-0.4, -0.2) is 33.4 Å². The second kappa shape index (κ2) is 5.22. The highest BCUT2D eigenvalue weighted by molar-refractivity contribution is 7.99. The van der Waals surface area contributed by atoms with Crippen LogP contribution >= 0.6 is 11.8 Å². The Hall–Kier alpha value is -1.53. The summed E-state index contributed by atoms with van der Waals surface area (Å²) in [7, 11) is 0. The van der Waals surface area contributed by atoms with E-state index in [1.54, 1.807) is 11.8 Å². The number of thioether (sulfide) groups is 1. The van der Waals surface area contributed by atoms with Gasteiger partial charge in [0.15, 0.2) is 0 Å². The number of carbonyl (C=O) groups excluding carboxylic acids is 1. The smallest absolute Gasteiger partial charge is 0.242 e. The van der Waals surface area contributed by atoms with Crippen LogP contribution in [0.5, 0.6) is 0 Å². The molecule has 2 N–H and O–H groups in total. The van der Waals surface area contributed by atoms with E-state index in [0.29, 0.717) is 0 Å². The molecule has 0 radical (unpaired) electrons. The quantitative estimate of drug-likeness (QED) is 0.895. The summed E-state index contributed by atoms with van der Waals surface area (Å²) in [5.41, 5.74) is 1.88. The lowest BCUT2D eigenvalue weighted by atomic mass is 10.2. The van der Waals surface area contributed by atoms with Gasteiger partial charge in [0, 0.05) is 29.2 Å². The summed E-state index contributed by atoms with van der Waals surface area (Å²) < 4.78 is 1.93. The zero-order valence-electron chi connectivity index (χ0n) is 10.7. The first-order valence-electron chi connectivity index (χ1n) is 6.35. The molecule has 0 spiro atoms. The second-order valence-corrected chi connectivity index (χ2v) is 5.53. The maximum atomic E-state index is 12.0. The molecular formula is C13H16N4OS. The van der Waals surface area contributed by atoms with E-state index in [-0.39, 0.29) is 11.9 Å². The van der Waals surface area contributed by atoms with E-state index in [9.17, 15) is 4.79 Å². The summed E-state index contributed by atoms with van der Waals surface area (Å²) in [5.74, 6) is 1.72. The molecule has 2 aromatic rings. The van der Waals surface area contributed by atoms with Gasteiger partial charge in [0.05, 0.1) is 17.8 Å². The maximum Gasteiger partial charge on any atom is 0.242 e. The highest BCUT2D eigenvalue weighted by Gasteiger charge is 2.22. The van der Waals surface area contributed by atoms with Crippen LogP contribution in [0.25, 0.3) is 10.9 Å². The van der Waals surface area contributed by atoms with Crippen molar-refractivity contribution in [3.63, 3.8) is 0 Å². The molecule has 19 heavy (non-hydrogen) atoms. The Balaban J connectivity index is 1.82. The molecule has 5 nitrogen and oxygen atoms in total. The molecule has 0 bridgehead atoms. The number of amides is 1. The first-order chi connectivity index (χ1) is 9.28. The summed E-state index contributed by atoms with van der Waals surface area (Å²) >= 11 is 1.75. The van der Waals surface area contributed by atoms with E-state index in [2.05, 4.69) is 22.7 Å². The Labute approximate surface area is 115 Å². The van der Waals surface area contributed by atoms with Crippen LogP contribution in [0, 0.1) is 0 Å². The van der Waals surface area contributed by atoms with Crippen LogP contribution in [0.1, 0.15) is 6.92 Å². The van der Waals surface area contributed by atoms with Crippen molar-refractivity contribution in [1.29, 1.82) is 0 Å². The topological polar surface area (TPSA) is 59.0 Å². The minimum absolute atomic E-state index is 0.0342. The van der Waals surface area contributed by atoms with Crippen LogP contribution in [0.15, 0.2) is 24.4 Å². The molecule has 1 aromatic heterocycles. The molecule has 1 atom stereocenters. The molecule has 3 rings (SSSR count). The molecule has 1 amide bonds. The number of benzene rings is 1. The first kappa shape index (κ1) is 12.5. The molecule has 6 heteroatoms. The van der Waals surface area contributed by atoms with Gasteiger partial charge in [-0.25, -0.2) is 0 Å². The molecule has 1 aliphatic heterocycles. The molecule has 1 fully saturated rings. The highest BCUT2D eigenvalue weighted by atomic mass is 32.2. The molecular weight excluding hydrogens is 260 g/mol. The van der Waals surface area contributed by atoms with E-state index in [1.807, 2.05) is 29.1 Å². The second-order valence-electron chi connectivity index (χ2n) is 4.50. The zero-order valence-corrected chi connectivity index (χ0v) is 11.5. The average Bonchev–Trinajstić information content (AvgIpc) is 3.07. The molecule has 0 saturated carbocycles. The zero-order chi connectivity index (χ0) is 13.2. The van der Waals surface area contributed by atoms with Crippen molar-refractivity contribution in [3.8, 4) is 0 Å². The number of hydrogen-bond donors (Lipinski definition) is 2. The predicted octanol–water partition coefficient (Wildman–Crippen LogP) is 1.66. The molecule has 100 valence electrons. The third-order valence-corrected chi connectivity index (χ3v) is 4.18.